The molecule has 28 heavy (non-hydrogen) atoms. The summed E-state index contributed by atoms with van der Waals surface area (Å²) in [5.74, 6) is -1.46. The fourth-order valence-corrected chi connectivity index (χ4v) is 3.62. The van der Waals surface area contributed by atoms with Gasteiger partial charge in [-0.1, -0.05) is 30.3 Å². The summed E-state index contributed by atoms with van der Waals surface area (Å²) in [6.07, 6.45) is 0. The summed E-state index contributed by atoms with van der Waals surface area (Å²) >= 11 is 1.04. The van der Waals surface area contributed by atoms with E-state index in [1.54, 1.807) is 0 Å². The van der Waals surface area contributed by atoms with Crippen LogP contribution in [0.2, 0.25) is 0 Å². The van der Waals surface area contributed by atoms with E-state index in [9.17, 15) is 13.6 Å². The summed E-state index contributed by atoms with van der Waals surface area (Å²) in [5.41, 5.74) is 3.99. The minimum atomic E-state index is -0.660. The standard InChI is InChI=1S/C21H21F2N3OS/c1-14-18(15(2)26(25-14)12-16-6-4-3-5-7-16)11-24-21(27)13-28-20-9-8-17(22)10-19(20)23/h3-10H,11-13H2,1-2H3,(H,24,27). The van der Waals surface area contributed by atoms with E-state index >= 15 is 0 Å². The van der Waals surface area contributed by atoms with Crippen LogP contribution in [0.5, 0.6) is 0 Å². The van der Waals surface area contributed by atoms with Crippen LogP contribution in [0, 0.1) is 25.5 Å². The number of hydrogen-bond donors (Lipinski definition) is 1. The molecule has 0 aliphatic rings. The molecule has 1 N–H and O–H groups in total. The lowest BCUT2D eigenvalue weighted by atomic mass is 10.2. The van der Waals surface area contributed by atoms with Crippen LogP contribution in [0.25, 0.3) is 0 Å². The Hall–Kier alpha value is -2.67. The zero-order chi connectivity index (χ0) is 20.1. The van der Waals surface area contributed by atoms with E-state index in [-0.39, 0.29) is 16.6 Å². The summed E-state index contributed by atoms with van der Waals surface area (Å²) in [6, 6.07) is 13.4. The molecule has 1 heterocycles. The fraction of sp³-hybridized carbons (Fsp3) is 0.238. The molecule has 2 aromatic carbocycles. The van der Waals surface area contributed by atoms with Gasteiger partial charge in [-0.15, -0.1) is 11.8 Å². The Labute approximate surface area is 167 Å². The number of carbonyl (C=O) groups is 1. The maximum absolute atomic E-state index is 13.6. The van der Waals surface area contributed by atoms with Gasteiger partial charge in [0.2, 0.25) is 5.91 Å². The first-order chi connectivity index (χ1) is 13.4. The largest absolute Gasteiger partial charge is 0.351 e. The van der Waals surface area contributed by atoms with Crippen LogP contribution in [-0.4, -0.2) is 21.4 Å². The van der Waals surface area contributed by atoms with E-state index in [1.807, 2.05) is 48.9 Å². The summed E-state index contributed by atoms with van der Waals surface area (Å²) in [7, 11) is 0. The predicted octanol–water partition coefficient (Wildman–Crippen LogP) is 4.23. The van der Waals surface area contributed by atoms with Crippen molar-refractivity contribution in [2.75, 3.05) is 5.75 Å². The highest BCUT2D eigenvalue weighted by atomic mass is 32.2. The minimum Gasteiger partial charge on any atom is -0.351 e. The Kier molecular flexibility index (Phi) is 6.46. The van der Waals surface area contributed by atoms with Crippen molar-refractivity contribution >= 4 is 17.7 Å². The third-order valence-corrected chi connectivity index (χ3v) is 5.47. The van der Waals surface area contributed by atoms with E-state index in [2.05, 4.69) is 10.4 Å². The molecule has 0 radical (unpaired) electrons. The van der Waals surface area contributed by atoms with Crippen molar-refractivity contribution < 1.29 is 13.6 Å². The second-order valence-electron chi connectivity index (χ2n) is 6.43. The monoisotopic (exact) mass is 401 g/mol. The molecular weight excluding hydrogens is 380 g/mol. The van der Waals surface area contributed by atoms with Gasteiger partial charge in [-0.05, 0) is 31.5 Å². The van der Waals surface area contributed by atoms with Gasteiger partial charge in [-0.25, -0.2) is 8.78 Å². The average molecular weight is 401 g/mol. The highest BCUT2D eigenvalue weighted by Crippen LogP contribution is 2.22. The topological polar surface area (TPSA) is 46.9 Å². The summed E-state index contributed by atoms with van der Waals surface area (Å²) in [5, 5.41) is 7.42. The van der Waals surface area contributed by atoms with E-state index in [4.69, 9.17) is 0 Å². The van der Waals surface area contributed by atoms with E-state index < -0.39 is 11.6 Å². The number of nitrogens with zero attached hydrogens (tertiary/aromatic N) is 2. The van der Waals surface area contributed by atoms with Crippen LogP contribution in [-0.2, 0) is 17.9 Å². The number of benzene rings is 2. The van der Waals surface area contributed by atoms with Crippen LogP contribution in [0.3, 0.4) is 0 Å². The Morgan fingerprint density at radius 2 is 1.89 bits per heavy atom. The fourth-order valence-electron chi connectivity index (χ4n) is 2.87. The number of aromatic nitrogens is 2. The lowest BCUT2D eigenvalue weighted by molar-refractivity contribution is -0.118. The van der Waals surface area contributed by atoms with Gasteiger partial charge in [-0.3, -0.25) is 9.48 Å². The minimum absolute atomic E-state index is 0.0544. The summed E-state index contributed by atoms with van der Waals surface area (Å²) < 4.78 is 28.5. The zero-order valence-electron chi connectivity index (χ0n) is 15.7. The van der Waals surface area contributed by atoms with Gasteiger partial charge in [0, 0.05) is 28.8 Å². The quantitative estimate of drug-likeness (QED) is 0.603. The number of amides is 1. The van der Waals surface area contributed by atoms with Gasteiger partial charge in [0.1, 0.15) is 11.6 Å². The average Bonchev–Trinajstić information content (AvgIpc) is 2.93. The van der Waals surface area contributed by atoms with Crippen LogP contribution >= 0.6 is 11.8 Å². The molecule has 0 saturated carbocycles. The first-order valence-corrected chi connectivity index (χ1v) is 9.84. The van der Waals surface area contributed by atoms with Gasteiger partial charge in [0.15, 0.2) is 0 Å². The first-order valence-electron chi connectivity index (χ1n) is 8.85. The van der Waals surface area contributed by atoms with Crippen molar-refractivity contribution in [3.63, 3.8) is 0 Å². The van der Waals surface area contributed by atoms with Crippen molar-refractivity contribution in [1.29, 1.82) is 0 Å². The van der Waals surface area contributed by atoms with Gasteiger partial charge < -0.3 is 5.32 Å². The number of hydrogen-bond acceptors (Lipinski definition) is 3. The van der Waals surface area contributed by atoms with E-state index in [0.29, 0.717) is 13.1 Å². The molecule has 0 spiro atoms. The zero-order valence-corrected chi connectivity index (χ0v) is 16.5. The maximum atomic E-state index is 13.6. The van der Waals surface area contributed by atoms with Gasteiger partial charge in [0.25, 0.3) is 0 Å². The smallest absolute Gasteiger partial charge is 0.230 e. The molecule has 1 amide bonds. The van der Waals surface area contributed by atoms with E-state index in [1.165, 1.54) is 12.1 Å². The third-order valence-electron chi connectivity index (χ3n) is 4.42. The molecule has 7 heteroatoms. The molecule has 0 aliphatic heterocycles. The Bertz CT molecular complexity index is 973. The van der Waals surface area contributed by atoms with Crippen LogP contribution in [0.15, 0.2) is 53.4 Å². The second-order valence-corrected chi connectivity index (χ2v) is 7.45. The van der Waals surface area contributed by atoms with Gasteiger partial charge in [0.05, 0.1) is 18.0 Å². The number of thioether (sulfide) groups is 1. The molecule has 146 valence electrons. The summed E-state index contributed by atoms with van der Waals surface area (Å²) in [4.78, 5) is 12.4. The van der Waals surface area contributed by atoms with Crippen molar-refractivity contribution in [3.05, 3.63) is 82.7 Å². The molecule has 0 unspecified atom stereocenters. The molecule has 3 aromatic rings. The second kappa shape index (κ2) is 9.01. The molecule has 0 aliphatic carbocycles. The first kappa shape index (κ1) is 20.1. The Morgan fingerprint density at radius 1 is 1.14 bits per heavy atom. The molecule has 0 atom stereocenters. The van der Waals surface area contributed by atoms with E-state index in [0.717, 1.165) is 40.3 Å². The summed E-state index contributed by atoms with van der Waals surface area (Å²) in [6.45, 7) is 4.92. The highest BCUT2D eigenvalue weighted by molar-refractivity contribution is 8.00. The number of rotatable bonds is 7. The SMILES string of the molecule is Cc1nn(Cc2ccccc2)c(C)c1CNC(=O)CSc1ccc(F)cc1F. The molecule has 4 nitrogen and oxygen atoms in total. The van der Waals surface area contributed by atoms with Gasteiger partial charge >= 0.3 is 0 Å². The van der Waals surface area contributed by atoms with Crippen molar-refractivity contribution in [2.45, 2.75) is 31.8 Å². The lowest BCUT2D eigenvalue weighted by Crippen LogP contribution is -2.25. The molecule has 0 bridgehead atoms. The van der Waals surface area contributed by atoms with Crippen molar-refractivity contribution in [1.82, 2.24) is 15.1 Å². The normalized spacial score (nSPS) is 10.9. The Balaban J connectivity index is 1.57. The van der Waals surface area contributed by atoms with Crippen molar-refractivity contribution in [3.8, 4) is 0 Å². The predicted molar refractivity (Wildman–Crippen MR) is 106 cm³/mol. The van der Waals surface area contributed by atoms with Gasteiger partial charge in [-0.2, -0.15) is 5.10 Å². The van der Waals surface area contributed by atoms with Crippen molar-refractivity contribution in [2.24, 2.45) is 0 Å². The maximum Gasteiger partial charge on any atom is 0.230 e. The molecule has 0 saturated heterocycles. The number of halogens is 2. The Morgan fingerprint density at radius 3 is 2.61 bits per heavy atom. The number of nitrogens with one attached hydrogen (secondary N) is 1. The molecule has 1 aromatic heterocycles. The number of carbonyl (C=O) groups excluding carboxylic acids is 1. The molecule has 0 fully saturated rings. The van der Waals surface area contributed by atoms with Crippen LogP contribution in [0.4, 0.5) is 8.78 Å². The van der Waals surface area contributed by atoms with Crippen LogP contribution in [0.1, 0.15) is 22.5 Å². The van der Waals surface area contributed by atoms with Crippen LogP contribution < -0.4 is 5.32 Å². The third kappa shape index (κ3) is 4.98. The molecule has 3 rings (SSSR count). The lowest BCUT2D eigenvalue weighted by Gasteiger charge is -2.08. The highest BCUT2D eigenvalue weighted by Gasteiger charge is 2.13. The number of aryl methyl sites for hydroxylation is 1. The molecular formula is C21H21F2N3OS.